The van der Waals surface area contributed by atoms with Crippen molar-refractivity contribution in [1.82, 2.24) is 9.97 Å². The molecule has 0 saturated heterocycles. The SMILES string of the molecule is Cc1cc(Br)c2ncc(C3CC3)nc2c1. The van der Waals surface area contributed by atoms with Crippen LogP contribution in [0.4, 0.5) is 0 Å². The smallest absolute Gasteiger partial charge is 0.103 e. The summed E-state index contributed by atoms with van der Waals surface area (Å²) in [5, 5.41) is 0. The molecule has 3 heteroatoms. The molecule has 2 aromatic rings. The van der Waals surface area contributed by atoms with Gasteiger partial charge in [-0.25, -0.2) is 4.98 Å². The second-order valence-corrected chi connectivity index (χ2v) is 5.04. The highest BCUT2D eigenvalue weighted by molar-refractivity contribution is 9.10. The van der Waals surface area contributed by atoms with Gasteiger partial charge < -0.3 is 0 Å². The minimum atomic E-state index is 0.668. The Balaban J connectivity index is 2.24. The number of hydrogen-bond acceptors (Lipinski definition) is 2. The molecule has 0 radical (unpaired) electrons. The minimum absolute atomic E-state index is 0.668. The third-order valence-corrected chi connectivity index (χ3v) is 3.36. The van der Waals surface area contributed by atoms with Crippen LogP contribution in [-0.2, 0) is 0 Å². The summed E-state index contributed by atoms with van der Waals surface area (Å²) < 4.78 is 1.03. The van der Waals surface area contributed by atoms with Gasteiger partial charge in [-0.2, -0.15) is 0 Å². The lowest BCUT2D eigenvalue weighted by atomic mass is 10.2. The number of aryl methyl sites for hydroxylation is 1. The fraction of sp³-hybridized carbons (Fsp3) is 0.333. The zero-order valence-electron chi connectivity index (χ0n) is 8.50. The Morgan fingerprint density at radius 2 is 2.13 bits per heavy atom. The molecule has 0 atom stereocenters. The lowest BCUT2D eigenvalue weighted by molar-refractivity contribution is 1.02. The van der Waals surface area contributed by atoms with Crippen molar-refractivity contribution in [3.05, 3.63) is 34.1 Å². The Labute approximate surface area is 96.9 Å². The number of nitrogens with zero attached hydrogens (tertiary/aromatic N) is 2. The van der Waals surface area contributed by atoms with Gasteiger partial charge in [0.25, 0.3) is 0 Å². The highest BCUT2D eigenvalue weighted by atomic mass is 79.9. The van der Waals surface area contributed by atoms with Crippen molar-refractivity contribution < 1.29 is 0 Å². The van der Waals surface area contributed by atoms with Gasteiger partial charge in [-0.3, -0.25) is 4.98 Å². The second-order valence-electron chi connectivity index (χ2n) is 4.18. The molecule has 1 aromatic carbocycles. The second kappa shape index (κ2) is 3.27. The summed E-state index contributed by atoms with van der Waals surface area (Å²) in [6.45, 7) is 2.08. The molecule has 0 unspecified atom stereocenters. The molecule has 1 aliphatic carbocycles. The van der Waals surface area contributed by atoms with Crippen LogP contribution in [0.2, 0.25) is 0 Å². The first-order valence-corrected chi connectivity index (χ1v) is 5.96. The molecule has 1 heterocycles. The Kier molecular flexibility index (Phi) is 2.02. The van der Waals surface area contributed by atoms with Crippen molar-refractivity contribution in [3.8, 4) is 0 Å². The van der Waals surface area contributed by atoms with Crippen LogP contribution in [0.25, 0.3) is 11.0 Å². The van der Waals surface area contributed by atoms with Gasteiger partial charge in [0.05, 0.1) is 11.2 Å². The van der Waals surface area contributed by atoms with Gasteiger partial charge in [0.1, 0.15) is 5.52 Å². The van der Waals surface area contributed by atoms with E-state index in [-0.39, 0.29) is 0 Å². The van der Waals surface area contributed by atoms with Crippen LogP contribution in [0.15, 0.2) is 22.8 Å². The summed E-state index contributed by atoms with van der Waals surface area (Å²) in [6, 6.07) is 4.17. The van der Waals surface area contributed by atoms with Crippen LogP contribution < -0.4 is 0 Å². The molecular formula is C12H11BrN2. The Morgan fingerprint density at radius 1 is 1.33 bits per heavy atom. The number of fused-ring (bicyclic) bond motifs is 1. The number of hydrogen-bond donors (Lipinski definition) is 0. The molecule has 1 saturated carbocycles. The maximum atomic E-state index is 4.67. The van der Waals surface area contributed by atoms with Crippen molar-refractivity contribution >= 4 is 27.0 Å². The molecule has 2 nitrogen and oxygen atoms in total. The summed E-state index contributed by atoms with van der Waals surface area (Å²) in [4.78, 5) is 9.14. The van der Waals surface area contributed by atoms with Crippen molar-refractivity contribution in [2.24, 2.45) is 0 Å². The first-order chi connectivity index (χ1) is 7.24. The Hall–Kier alpha value is -0.960. The fourth-order valence-corrected chi connectivity index (χ4v) is 2.47. The normalized spacial score (nSPS) is 15.9. The van der Waals surface area contributed by atoms with E-state index in [1.807, 2.05) is 6.20 Å². The topological polar surface area (TPSA) is 25.8 Å². The average Bonchev–Trinajstić information content (AvgIpc) is 2.99. The standard InChI is InChI=1S/C12H11BrN2/c1-7-4-9(13)12-10(5-7)15-11(6-14-12)8-2-3-8/h4-6,8H,2-3H2,1H3. The van der Waals surface area contributed by atoms with Crippen LogP contribution in [0, 0.1) is 6.92 Å². The molecule has 76 valence electrons. The average molecular weight is 263 g/mol. The van der Waals surface area contributed by atoms with Crippen molar-refractivity contribution in [3.63, 3.8) is 0 Å². The molecule has 1 aliphatic rings. The Morgan fingerprint density at radius 3 is 2.87 bits per heavy atom. The van der Waals surface area contributed by atoms with E-state index in [9.17, 15) is 0 Å². The van der Waals surface area contributed by atoms with Gasteiger partial charge in [0.15, 0.2) is 0 Å². The van der Waals surface area contributed by atoms with Gasteiger partial charge in [-0.15, -0.1) is 0 Å². The number of rotatable bonds is 1. The lowest BCUT2D eigenvalue weighted by Gasteiger charge is -2.03. The van der Waals surface area contributed by atoms with Gasteiger partial charge in [0.2, 0.25) is 0 Å². The molecule has 3 rings (SSSR count). The molecule has 15 heavy (non-hydrogen) atoms. The predicted molar refractivity (Wildman–Crippen MR) is 64.0 cm³/mol. The predicted octanol–water partition coefficient (Wildman–Crippen LogP) is 3.58. The number of aromatic nitrogens is 2. The van der Waals surface area contributed by atoms with E-state index in [0.717, 1.165) is 21.2 Å². The number of halogens is 1. The first kappa shape index (κ1) is 9.28. The van der Waals surface area contributed by atoms with Crippen LogP contribution in [0.3, 0.4) is 0 Å². The highest BCUT2D eigenvalue weighted by Crippen LogP contribution is 2.39. The van der Waals surface area contributed by atoms with E-state index in [1.165, 1.54) is 18.4 Å². The zero-order chi connectivity index (χ0) is 10.4. The maximum Gasteiger partial charge on any atom is 0.103 e. The molecule has 0 amide bonds. The van der Waals surface area contributed by atoms with Crippen molar-refractivity contribution in [2.75, 3.05) is 0 Å². The minimum Gasteiger partial charge on any atom is -0.252 e. The molecule has 0 aliphatic heterocycles. The van der Waals surface area contributed by atoms with Crippen molar-refractivity contribution in [2.45, 2.75) is 25.7 Å². The van der Waals surface area contributed by atoms with Crippen LogP contribution >= 0.6 is 15.9 Å². The first-order valence-electron chi connectivity index (χ1n) is 5.17. The third-order valence-electron chi connectivity index (χ3n) is 2.76. The van der Waals surface area contributed by atoms with E-state index in [4.69, 9.17) is 0 Å². The molecular weight excluding hydrogens is 252 g/mol. The summed E-state index contributed by atoms with van der Waals surface area (Å²) >= 11 is 3.52. The quantitative estimate of drug-likeness (QED) is 0.785. The van der Waals surface area contributed by atoms with E-state index < -0.39 is 0 Å². The number of benzene rings is 1. The Bertz CT molecular complexity index is 532. The van der Waals surface area contributed by atoms with Gasteiger partial charge in [0, 0.05) is 16.6 Å². The molecule has 0 N–H and O–H groups in total. The lowest BCUT2D eigenvalue weighted by Crippen LogP contribution is -1.92. The molecule has 1 aromatic heterocycles. The molecule has 0 spiro atoms. The summed E-state index contributed by atoms with van der Waals surface area (Å²) in [7, 11) is 0. The third kappa shape index (κ3) is 1.65. The fourth-order valence-electron chi connectivity index (χ4n) is 1.80. The van der Waals surface area contributed by atoms with E-state index >= 15 is 0 Å². The van der Waals surface area contributed by atoms with E-state index in [2.05, 4.69) is 45.0 Å². The van der Waals surface area contributed by atoms with Crippen molar-refractivity contribution in [1.29, 1.82) is 0 Å². The summed E-state index contributed by atoms with van der Waals surface area (Å²) in [5.41, 5.74) is 4.34. The summed E-state index contributed by atoms with van der Waals surface area (Å²) in [5.74, 6) is 0.668. The molecule has 0 bridgehead atoms. The molecule has 1 fully saturated rings. The van der Waals surface area contributed by atoms with Gasteiger partial charge in [-0.05, 0) is 53.4 Å². The zero-order valence-corrected chi connectivity index (χ0v) is 10.1. The summed E-state index contributed by atoms with van der Waals surface area (Å²) in [6.07, 6.45) is 4.46. The van der Waals surface area contributed by atoms with E-state index in [0.29, 0.717) is 5.92 Å². The van der Waals surface area contributed by atoms with Crippen LogP contribution in [0.1, 0.15) is 30.0 Å². The largest absolute Gasteiger partial charge is 0.252 e. The van der Waals surface area contributed by atoms with Gasteiger partial charge in [-0.1, -0.05) is 0 Å². The van der Waals surface area contributed by atoms with Crippen LogP contribution in [-0.4, -0.2) is 9.97 Å². The van der Waals surface area contributed by atoms with E-state index in [1.54, 1.807) is 0 Å². The van der Waals surface area contributed by atoms with Crippen LogP contribution in [0.5, 0.6) is 0 Å². The monoisotopic (exact) mass is 262 g/mol. The maximum absolute atomic E-state index is 4.67. The van der Waals surface area contributed by atoms with Gasteiger partial charge >= 0.3 is 0 Å². The highest BCUT2D eigenvalue weighted by Gasteiger charge is 2.25.